The van der Waals surface area contributed by atoms with Crippen LogP contribution in [0.1, 0.15) is 48.5 Å². The zero-order chi connectivity index (χ0) is 17.7. The van der Waals surface area contributed by atoms with E-state index < -0.39 is 22.8 Å². The highest BCUT2D eigenvalue weighted by Crippen LogP contribution is 2.15. The van der Waals surface area contributed by atoms with E-state index in [4.69, 9.17) is 0 Å². The minimum Gasteiger partial charge on any atom is -0.357 e. The standard InChI is InChI=1S/C15H28N4O3/c1-9(10(20)16-8)17-13(18-11(21)14(2,3)4)19-12(22)15(5,6)7/h9H,1-8H3,(H,16,20)(H2,17,18,19,21,22). The summed E-state index contributed by atoms with van der Waals surface area (Å²) in [5.74, 6) is -0.991. The summed E-state index contributed by atoms with van der Waals surface area (Å²) in [7, 11) is 1.51. The fraction of sp³-hybridized carbons (Fsp3) is 0.733. The van der Waals surface area contributed by atoms with Gasteiger partial charge in [0, 0.05) is 17.9 Å². The van der Waals surface area contributed by atoms with Gasteiger partial charge in [-0.1, -0.05) is 41.5 Å². The molecule has 1 unspecified atom stereocenters. The molecule has 0 radical (unpaired) electrons. The highest BCUT2D eigenvalue weighted by molar-refractivity contribution is 6.05. The Kier molecular flexibility index (Phi) is 6.73. The predicted molar refractivity (Wildman–Crippen MR) is 86.2 cm³/mol. The lowest BCUT2D eigenvalue weighted by Gasteiger charge is -2.22. The average molecular weight is 312 g/mol. The van der Waals surface area contributed by atoms with E-state index in [2.05, 4.69) is 20.9 Å². The second-order valence-corrected chi connectivity index (χ2v) is 7.20. The number of hydrogen-bond acceptors (Lipinski definition) is 3. The van der Waals surface area contributed by atoms with Crippen LogP contribution >= 0.6 is 0 Å². The lowest BCUT2D eigenvalue weighted by Crippen LogP contribution is -2.52. The summed E-state index contributed by atoms with van der Waals surface area (Å²) in [6, 6.07) is -0.642. The molecule has 3 amide bonds. The molecular formula is C15H28N4O3. The minimum atomic E-state index is -0.685. The topological polar surface area (TPSA) is 99.7 Å². The molecule has 0 aromatic heterocycles. The molecule has 0 saturated carbocycles. The van der Waals surface area contributed by atoms with Crippen molar-refractivity contribution in [1.29, 1.82) is 0 Å². The summed E-state index contributed by atoms with van der Waals surface area (Å²) in [6.07, 6.45) is 0. The first kappa shape index (κ1) is 20.1. The maximum absolute atomic E-state index is 12.1. The van der Waals surface area contributed by atoms with Gasteiger partial charge in [0.15, 0.2) is 0 Å². The first-order valence-corrected chi connectivity index (χ1v) is 7.21. The van der Waals surface area contributed by atoms with Crippen LogP contribution in [-0.4, -0.2) is 36.8 Å². The quantitative estimate of drug-likeness (QED) is 0.519. The average Bonchev–Trinajstić information content (AvgIpc) is 2.34. The van der Waals surface area contributed by atoms with Crippen molar-refractivity contribution in [1.82, 2.24) is 16.0 Å². The Morgan fingerprint density at radius 3 is 1.82 bits per heavy atom. The van der Waals surface area contributed by atoms with E-state index in [9.17, 15) is 14.4 Å². The molecule has 0 aliphatic heterocycles. The molecule has 0 aromatic rings. The first-order valence-electron chi connectivity index (χ1n) is 7.21. The van der Waals surface area contributed by atoms with E-state index in [1.165, 1.54) is 7.05 Å². The fourth-order valence-corrected chi connectivity index (χ4v) is 1.15. The van der Waals surface area contributed by atoms with E-state index in [-0.39, 0.29) is 17.8 Å². The van der Waals surface area contributed by atoms with Crippen molar-refractivity contribution in [2.24, 2.45) is 15.8 Å². The van der Waals surface area contributed by atoms with Crippen molar-refractivity contribution < 1.29 is 14.4 Å². The minimum absolute atomic E-state index is 0.0176. The summed E-state index contributed by atoms with van der Waals surface area (Å²) in [5.41, 5.74) is -1.33. The van der Waals surface area contributed by atoms with Crippen LogP contribution in [0.15, 0.2) is 4.99 Å². The number of hydrogen-bond donors (Lipinski definition) is 3. The molecule has 0 aliphatic rings. The number of amides is 3. The van der Waals surface area contributed by atoms with Gasteiger partial charge in [-0.2, -0.15) is 4.99 Å². The molecule has 0 rings (SSSR count). The summed E-state index contributed by atoms with van der Waals surface area (Å²) in [5, 5.41) is 7.81. The normalized spacial score (nSPS) is 14.1. The van der Waals surface area contributed by atoms with Crippen LogP contribution < -0.4 is 16.0 Å². The van der Waals surface area contributed by atoms with Gasteiger partial charge >= 0.3 is 0 Å². The summed E-state index contributed by atoms with van der Waals surface area (Å²) in [4.78, 5) is 39.6. The van der Waals surface area contributed by atoms with Gasteiger partial charge in [-0.05, 0) is 6.92 Å². The van der Waals surface area contributed by atoms with Crippen molar-refractivity contribution in [3.63, 3.8) is 0 Å². The third kappa shape index (κ3) is 6.69. The highest BCUT2D eigenvalue weighted by atomic mass is 16.2. The number of guanidine groups is 1. The van der Waals surface area contributed by atoms with Gasteiger partial charge in [-0.25, -0.2) is 0 Å². The second kappa shape index (κ2) is 7.38. The summed E-state index contributed by atoms with van der Waals surface area (Å²) < 4.78 is 0. The van der Waals surface area contributed by atoms with E-state index >= 15 is 0 Å². The molecule has 0 heterocycles. The Morgan fingerprint density at radius 2 is 1.45 bits per heavy atom. The molecule has 3 N–H and O–H groups in total. The maximum Gasteiger partial charge on any atom is 0.254 e. The Bertz CT molecular complexity index is 470. The molecule has 7 nitrogen and oxygen atoms in total. The largest absolute Gasteiger partial charge is 0.357 e. The zero-order valence-corrected chi connectivity index (χ0v) is 14.7. The lowest BCUT2D eigenvalue weighted by atomic mass is 9.95. The van der Waals surface area contributed by atoms with Crippen LogP contribution in [0.5, 0.6) is 0 Å². The molecular weight excluding hydrogens is 284 g/mol. The SMILES string of the molecule is CNC(=O)C(C)N/C(=N\C(=O)C(C)(C)C)NC(=O)C(C)(C)C. The van der Waals surface area contributed by atoms with Gasteiger partial charge in [-0.15, -0.1) is 0 Å². The fourth-order valence-electron chi connectivity index (χ4n) is 1.15. The summed E-state index contributed by atoms with van der Waals surface area (Å²) >= 11 is 0. The molecule has 0 aliphatic carbocycles. The number of nitrogens with zero attached hydrogens (tertiary/aromatic N) is 1. The molecule has 0 bridgehead atoms. The lowest BCUT2D eigenvalue weighted by molar-refractivity contribution is -0.127. The van der Waals surface area contributed by atoms with Gasteiger partial charge in [0.1, 0.15) is 6.04 Å². The van der Waals surface area contributed by atoms with Gasteiger partial charge in [0.05, 0.1) is 0 Å². The predicted octanol–water partition coefficient (Wildman–Crippen LogP) is 0.801. The van der Waals surface area contributed by atoms with Crippen molar-refractivity contribution in [2.75, 3.05) is 7.05 Å². The van der Waals surface area contributed by atoms with E-state index in [1.807, 2.05) is 0 Å². The Morgan fingerprint density at radius 1 is 0.955 bits per heavy atom. The van der Waals surface area contributed by atoms with Crippen molar-refractivity contribution in [3.05, 3.63) is 0 Å². The second-order valence-electron chi connectivity index (χ2n) is 7.20. The van der Waals surface area contributed by atoms with Crippen molar-refractivity contribution in [2.45, 2.75) is 54.5 Å². The molecule has 0 fully saturated rings. The molecule has 1 atom stereocenters. The Labute approximate surface area is 132 Å². The van der Waals surface area contributed by atoms with Gasteiger partial charge < -0.3 is 10.6 Å². The van der Waals surface area contributed by atoms with Crippen LogP contribution in [0.3, 0.4) is 0 Å². The highest BCUT2D eigenvalue weighted by Gasteiger charge is 2.26. The maximum atomic E-state index is 12.1. The third-order valence-corrected chi connectivity index (χ3v) is 2.76. The number of rotatable bonds is 2. The van der Waals surface area contributed by atoms with Gasteiger partial charge in [0.25, 0.3) is 5.91 Å². The number of carbonyl (C=O) groups is 3. The molecule has 0 aromatic carbocycles. The smallest absolute Gasteiger partial charge is 0.254 e. The van der Waals surface area contributed by atoms with Crippen molar-refractivity contribution in [3.8, 4) is 0 Å². The van der Waals surface area contributed by atoms with E-state index in [1.54, 1.807) is 48.5 Å². The van der Waals surface area contributed by atoms with Crippen LogP contribution in [0, 0.1) is 10.8 Å². The van der Waals surface area contributed by atoms with Crippen molar-refractivity contribution >= 4 is 23.7 Å². The van der Waals surface area contributed by atoms with Crippen LogP contribution in [-0.2, 0) is 14.4 Å². The first-order chi connectivity index (χ1) is 9.78. The van der Waals surface area contributed by atoms with E-state index in [0.29, 0.717) is 0 Å². The van der Waals surface area contributed by atoms with Crippen LogP contribution in [0.2, 0.25) is 0 Å². The third-order valence-electron chi connectivity index (χ3n) is 2.76. The van der Waals surface area contributed by atoms with Crippen LogP contribution in [0.4, 0.5) is 0 Å². The molecule has 126 valence electrons. The number of likely N-dealkylation sites (N-methyl/N-ethyl adjacent to an activating group) is 1. The van der Waals surface area contributed by atoms with Gasteiger partial charge in [0.2, 0.25) is 17.8 Å². The zero-order valence-electron chi connectivity index (χ0n) is 14.7. The molecule has 7 heteroatoms. The monoisotopic (exact) mass is 312 g/mol. The van der Waals surface area contributed by atoms with Crippen LogP contribution in [0.25, 0.3) is 0 Å². The number of aliphatic imine (C=N–C) groups is 1. The van der Waals surface area contributed by atoms with E-state index in [0.717, 1.165) is 0 Å². The number of nitrogens with one attached hydrogen (secondary N) is 3. The summed E-state index contributed by atoms with van der Waals surface area (Å²) in [6.45, 7) is 12.0. The molecule has 22 heavy (non-hydrogen) atoms. The Balaban J connectivity index is 5.33. The number of carbonyl (C=O) groups excluding carboxylic acids is 3. The van der Waals surface area contributed by atoms with Gasteiger partial charge in [-0.3, -0.25) is 19.7 Å². The molecule has 0 spiro atoms. The Hall–Kier alpha value is -1.92. The molecule has 0 saturated heterocycles.